The number of carbonyl (C=O) groups is 1. The standard InChI is InChI=1S/C21H25ClN2O5S/c1-23(17-7-9-18(28-2)10-8-17)21(25)15-5-4-12-24(14-15)30(26,27)20-13-16(22)6-11-19(20)29-3/h6-11,13,15H,4-5,12,14H2,1-3H3/t15-/m0/s1. The molecule has 0 radical (unpaired) electrons. The van der Waals surface area contributed by atoms with E-state index in [1.807, 2.05) is 0 Å². The Morgan fingerprint density at radius 3 is 2.47 bits per heavy atom. The average molecular weight is 453 g/mol. The van der Waals surface area contributed by atoms with E-state index in [1.165, 1.54) is 23.5 Å². The van der Waals surface area contributed by atoms with E-state index in [0.29, 0.717) is 30.2 Å². The van der Waals surface area contributed by atoms with Crippen molar-refractivity contribution in [2.75, 3.05) is 39.3 Å². The topological polar surface area (TPSA) is 76.2 Å². The van der Waals surface area contributed by atoms with Crippen molar-refractivity contribution in [3.8, 4) is 11.5 Å². The molecule has 3 rings (SSSR count). The molecule has 1 atom stereocenters. The molecule has 30 heavy (non-hydrogen) atoms. The Hall–Kier alpha value is -2.29. The van der Waals surface area contributed by atoms with Gasteiger partial charge in [0.05, 0.1) is 20.1 Å². The van der Waals surface area contributed by atoms with Gasteiger partial charge in [0.1, 0.15) is 16.4 Å². The predicted molar refractivity (Wildman–Crippen MR) is 116 cm³/mol. The number of hydrogen-bond donors (Lipinski definition) is 0. The fourth-order valence-electron chi connectivity index (χ4n) is 3.56. The Labute approximate surface area is 182 Å². The van der Waals surface area contributed by atoms with Gasteiger partial charge in [-0.15, -0.1) is 0 Å². The number of rotatable bonds is 6. The Balaban J connectivity index is 1.80. The van der Waals surface area contributed by atoms with Crippen LogP contribution in [-0.4, -0.2) is 53.0 Å². The van der Waals surface area contributed by atoms with Gasteiger partial charge in [-0.1, -0.05) is 11.6 Å². The molecule has 0 N–H and O–H groups in total. The van der Waals surface area contributed by atoms with Crippen LogP contribution in [0, 0.1) is 5.92 Å². The minimum Gasteiger partial charge on any atom is -0.497 e. The van der Waals surface area contributed by atoms with Crippen LogP contribution >= 0.6 is 11.6 Å². The van der Waals surface area contributed by atoms with Crippen LogP contribution in [0.4, 0.5) is 5.69 Å². The van der Waals surface area contributed by atoms with E-state index in [4.69, 9.17) is 21.1 Å². The smallest absolute Gasteiger partial charge is 0.246 e. The Morgan fingerprint density at radius 2 is 1.83 bits per heavy atom. The molecule has 1 aliphatic heterocycles. The SMILES string of the molecule is COc1ccc(N(C)C(=O)[C@H]2CCCN(S(=O)(=O)c3cc(Cl)ccc3OC)C2)cc1. The molecule has 0 spiro atoms. The molecule has 1 heterocycles. The number of anilines is 1. The number of carbonyl (C=O) groups excluding carboxylic acids is 1. The quantitative estimate of drug-likeness (QED) is 0.671. The van der Waals surface area contributed by atoms with Gasteiger partial charge < -0.3 is 14.4 Å². The molecular weight excluding hydrogens is 428 g/mol. The highest BCUT2D eigenvalue weighted by molar-refractivity contribution is 7.89. The maximum Gasteiger partial charge on any atom is 0.246 e. The van der Waals surface area contributed by atoms with Crippen LogP contribution < -0.4 is 14.4 Å². The number of hydrogen-bond acceptors (Lipinski definition) is 5. The van der Waals surface area contributed by atoms with Crippen molar-refractivity contribution in [1.82, 2.24) is 4.31 Å². The molecule has 0 aliphatic carbocycles. The van der Waals surface area contributed by atoms with E-state index in [2.05, 4.69) is 0 Å². The minimum absolute atomic E-state index is 0.00843. The van der Waals surface area contributed by atoms with Gasteiger partial charge in [0.2, 0.25) is 15.9 Å². The van der Waals surface area contributed by atoms with Crippen molar-refractivity contribution < 1.29 is 22.7 Å². The molecule has 0 unspecified atom stereocenters. The average Bonchev–Trinajstić information content (AvgIpc) is 2.78. The summed E-state index contributed by atoms with van der Waals surface area (Å²) in [5, 5.41) is 0.304. The number of methoxy groups -OCH3 is 2. The summed E-state index contributed by atoms with van der Waals surface area (Å²) in [6.07, 6.45) is 1.22. The molecule has 0 aromatic heterocycles. The first-order valence-electron chi connectivity index (χ1n) is 9.53. The molecule has 2 aromatic rings. The van der Waals surface area contributed by atoms with Gasteiger partial charge in [-0.2, -0.15) is 4.31 Å². The number of amides is 1. The van der Waals surface area contributed by atoms with E-state index in [0.717, 1.165) is 5.69 Å². The third-order valence-corrected chi connectivity index (χ3v) is 7.39. The van der Waals surface area contributed by atoms with Crippen molar-refractivity contribution in [3.05, 3.63) is 47.5 Å². The first-order valence-corrected chi connectivity index (χ1v) is 11.3. The van der Waals surface area contributed by atoms with Crippen LogP contribution in [0.15, 0.2) is 47.4 Å². The van der Waals surface area contributed by atoms with Crippen LogP contribution in [0.5, 0.6) is 11.5 Å². The Kier molecular flexibility index (Phi) is 6.90. The summed E-state index contributed by atoms with van der Waals surface area (Å²) in [4.78, 5) is 14.6. The van der Waals surface area contributed by atoms with Gasteiger partial charge >= 0.3 is 0 Å². The lowest BCUT2D eigenvalue weighted by molar-refractivity contribution is -0.123. The van der Waals surface area contributed by atoms with Crippen molar-refractivity contribution in [3.63, 3.8) is 0 Å². The summed E-state index contributed by atoms with van der Waals surface area (Å²) in [5.74, 6) is 0.358. The van der Waals surface area contributed by atoms with E-state index in [1.54, 1.807) is 49.4 Å². The van der Waals surface area contributed by atoms with Gasteiger partial charge in [-0.25, -0.2) is 8.42 Å². The third kappa shape index (κ3) is 4.55. The molecule has 2 aromatic carbocycles. The molecule has 9 heteroatoms. The van der Waals surface area contributed by atoms with Crippen LogP contribution in [0.3, 0.4) is 0 Å². The summed E-state index contributed by atoms with van der Waals surface area (Å²) in [5.41, 5.74) is 0.720. The van der Waals surface area contributed by atoms with Gasteiger partial charge in [0, 0.05) is 30.8 Å². The predicted octanol–water partition coefficient (Wildman–Crippen LogP) is 3.42. The highest BCUT2D eigenvalue weighted by Gasteiger charge is 2.36. The van der Waals surface area contributed by atoms with Gasteiger partial charge in [-0.05, 0) is 55.3 Å². The fourth-order valence-corrected chi connectivity index (χ4v) is 5.50. The van der Waals surface area contributed by atoms with Gasteiger partial charge in [0.25, 0.3) is 0 Å². The Bertz CT molecular complexity index is 1010. The second kappa shape index (κ2) is 9.24. The summed E-state index contributed by atoms with van der Waals surface area (Å²) in [6, 6.07) is 11.6. The molecule has 0 saturated carbocycles. The summed E-state index contributed by atoms with van der Waals surface area (Å²) < 4.78 is 38.2. The van der Waals surface area contributed by atoms with Gasteiger partial charge in [-0.3, -0.25) is 4.79 Å². The molecule has 1 fully saturated rings. The fraction of sp³-hybridized carbons (Fsp3) is 0.381. The number of nitrogens with zero attached hydrogens (tertiary/aromatic N) is 2. The van der Waals surface area contributed by atoms with Crippen molar-refractivity contribution in [2.45, 2.75) is 17.7 Å². The summed E-state index contributed by atoms with van der Waals surface area (Å²) >= 11 is 6.02. The molecule has 1 saturated heterocycles. The molecule has 162 valence electrons. The lowest BCUT2D eigenvalue weighted by Gasteiger charge is -2.33. The van der Waals surface area contributed by atoms with Crippen LogP contribution in [0.25, 0.3) is 0 Å². The molecule has 1 aliphatic rings. The van der Waals surface area contributed by atoms with E-state index >= 15 is 0 Å². The summed E-state index contributed by atoms with van der Waals surface area (Å²) in [7, 11) is 0.826. The van der Waals surface area contributed by atoms with E-state index in [-0.39, 0.29) is 23.1 Å². The normalized spacial score (nSPS) is 17.4. The van der Waals surface area contributed by atoms with Crippen LogP contribution in [0.2, 0.25) is 5.02 Å². The number of halogens is 1. The third-order valence-electron chi connectivity index (χ3n) is 5.27. The maximum atomic E-state index is 13.2. The number of benzene rings is 2. The lowest BCUT2D eigenvalue weighted by Crippen LogP contribution is -2.46. The first kappa shape index (κ1) is 22.4. The Morgan fingerprint density at radius 1 is 1.13 bits per heavy atom. The summed E-state index contributed by atoms with van der Waals surface area (Å²) in [6.45, 7) is 0.450. The van der Waals surface area contributed by atoms with Crippen LogP contribution in [0.1, 0.15) is 12.8 Å². The molecule has 7 nitrogen and oxygen atoms in total. The van der Waals surface area contributed by atoms with Crippen molar-refractivity contribution >= 4 is 33.2 Å². The first-order chi connectivity index (χ1) is 14.3. The van der Waals surface area contributed by atoms with Crippen LogP contribution in [-0.2, 0) is 14.8 Å². The number of sulfonamides is 1. The molecule has 1 amide bonds. The zero-order chi connectivity index (χ0) is 21.9. The largest absolute Gasteiger partial charge is 0.497 e. The highest BCUT2D eigenvalue weighted by atomic mass is 35.5. The van der Waals surface area contributed by atoms with Crippen molar-refractivity contribution in [1.29, 1.82) is 0 Å². The molecular formula is C21H25ClN2O5S. The van der Waals surface area contributed by atoms with Crippen molar-refractivity contribution in [2.24, 2.45) is 5.92 Å². The number of ether oxygens (including phenoxy) is 2. The highest BCUT2D eigenvalue weighted by Crippen LogP contribution is 2.32. The minimum atomic E-state index is -3.86. The lowest BCUT2D eigenvalue weighted by atomic mass is 9.98. The zero-order valence-electron chi connectivity index (χ0n) is 17.2. The van der Waals surface area contributed by atoms with E-state index < -0.39 is 15.9 Å². The second-order valence-electron chi connectivity index (χ2n) is 7.09. The van der Waals surface area contributed by atoms with Gasteiger partial charge in [0.15, 0.2) is 0 Å². The molecule has 0 bridgehead atoms. The second-order valence-corrected chi connectivity index (χ2v) is 9.44. The monoisotopic (exact) mass is 452 g/mol. The number of piperidine rings is 1. The van der Waals surface area contributed by atoms with E-state index in [9.17, 15) is 13.2 Å². The maximum absolute atomic E-state index is 13.2. The zero-order valence-corrected chi connectivity index (χ0v) is 18.7.